The highest BCUT2D eigenvalue weighted by Crippen LogP contribution is 2.14. The second-order valence-electron chi connectivity index (χ2n) is 1.55. The van der Waals surface area contributed by atoms with E-state index in [0.717, 1.165) is 12.1 Å². The Kier molecular flexibility index (Phi) is 25.0. The van der Waals surface area contributed by atoms with Crippen LogP contribution in [0.25, 0.3) is 0 Å². The van der Waals surface area contributed by atoms with Crippen molar-refractivity contribution >= 4 is 12.6 Å². The van der Waals surface area contributed by atoms with Gasteiger partial charge in [-0.05, 0) is 12.1 Å². The van der Waals surface area contributed by atoms with E-state index in [1.54, 1.807) is 0 Å². The van der Waals surface area contributed by atoms with E-state index in [0.29, 0.717) is 0 Å². The van der Waals surface area contributed by atoms with Crippen molar-refractivity contribution in [1.82, 2.24) is 0 Å². The summed E-state index contributed by atoms with van der Waals surface area (Å²) in [4.78, 5) is -0.336. The smallest absolute Gasteiger partial charge is 0.144 e. The fraction of sp³-hybridized carbons (Fsp3) is 0. The number of benzene rings is 1. The van der Waals surface area contributed by atoms with Crippen molar-refractivity contribution < 1.29 is 32.3 Å². The average molecular weight is 245 g/mol. The van der Waals surface area contributed by atoms with E-state index in [-0.39, 0.29) is 28.4 Å². The highest BCUT2D eigenvalue weighted by molar-refractivity contribution is 7.80. The standard InChI is InChI=1S/C6H3F2S.5FH/c7-4-2-1-3-5(8)6(4)9;;;;;/h1-3H;5*1H. The summed E-state index contributed by atoms with van der Waals surface area (Å²) in [6.45, 7) is 0. The minimum absolute atomic E-state index is 0. The Morgan fingerprint density at radius 2 is 1.07 bits per heavy atom. The minimum atomic E-state index is -0.676. The largest absolute Gasteiger partial charge is 0.269 e. The van der Waals surface area contributed by atoms with Gasteiger partial charge in [0, 0.05) is 0 Å². The molecule has 0 aliphatic carbocycles. The van der Waals surface area contributed by atoms with Crippen LogP contribution in [-0.4, -0.2) is 0 Å². The zero-order valence-electron chi connectivity index (χ0n) is 6.44. The minimum Gasteiger partial charge on any atom is -0.269 e. The van der Waals surface area contributed by atoms with Gasteiger partial charge in [0.25, 0.3) is 0 Å². The molecule has 0 unspecified atom stereocenters. The molecule has 0 aromatic heterocycles. The molecular formula is C6H8F7S. The van der Waals surface area contributed by atoms with Gasteiger partial charge in [0.2, 0.25) is 0 Å². The van der Waals surface area contributed by atoms with E-state index >= 15 is 0 Å². The molecule has 0 aliphatic heterocycles. The van der Waals surface area contributed by atoms with Crippen LogP contribution in [0.1, 0.15) is 0 Å². The molecule has 8 heteroatoms. The second-order valence-corrected chi connectivity index (χ2v) is 1.96. The van der Waals surface area contributed by atoms with Gasteiger partial charge >= 0.3 is 0 Å². The molecule has 0 N–H and O–H groups in total. The SMILES string of the molecule is F.F.F.F.F.Fc1cccc(F)c1[S]. The van der Waals surface area contributed by atoms with Crippen LogP contribution in [0.5, 0.6) is 0 Å². The molecule has 0 atom stereocenters. The van der Waals surface area contributed by atoms with E-state index in [1.807, 2.05) is 0 Å². The highest BCUT2D eigenvalue weighted by Gasteiger charge is 2.02. The molecule has 0 spiro atoms. The van der Waals surface area contributed by atoms with Gasteiger partial charge in [-0.15, -0.1) is 0 Å². The zero-order chi connectivity index (χ0) is 6.85. The van der Waals surface area contributed by atoms with Crippen molar-refractivity contribution in [3.05, 3.63) is 29.8 Å². The molecule has 1 rings (SSSR count). The summed E-state index contributed by atoms with van der Waals surface area (Å²) in [6, 6.07) is 3.54. The third-order valence-electron chi connectivity index (χ3n) is 0.919. The van der Waals surface area contributed by atoms with E-state index in [2.05, 4.69) is 12.6 Å². The average Bonchev–Trinajstić information content (AvgIpc) is 1.83. The van der Waals surface area contributed by atoms with Crippen LogP contribution in [0.4, 0.5) is 32.3 Å². The normalized spacial score (nSPS) is 6.14. The molecule has 87 valence electrons. The van der Waals surface area contributed by atoms with Crippen molar-refractivity contribution in [1.29, 1.82) is 0 Å². The van der Waals surface area contributed by atoms with Crippen LogP contribution >= 0.6 is 12.6 Å². The maximum absolute atomic E-state index is 12.2. The summed E-state index contributed by atoms with van der Waals surface area (Å²) >= 11 is 4.34. The van der Waals surface area contributed by atoms with Gasteiger partial charge < -0.3 is 0 Å². The first-order chi connectivity index (χ1) is 4.22. The predicted octanol–water partition coefficient (Wildman–Crippen LogP) is 3.28. The second kappa shape index (κ2) is 11.9. The Morgan fingerprint density at radius 1 is 0.786 bits per heavy atom. The van der Waals surface area contributed by atoms with Gasteiger partial charge in [-0.2, -0.15) is 0 Å². The first-order valence-corrected chi connectivity index (χ1v) is 2.73. The van der Waals surface area contributed by atoms with Crippen molar-refractivity contribution in [3.8, 4) is 0 Å². The number of halogens is 7. The third-order valence-corrected chi connectivity index (χ3v) is 1.31. The molecule has 0 heterocycles. The molecule has 0 bridgehead atoms. The lowest BCUT2D eigenvalue weighted by Gasteiger charge is -1.91. The van der Waals surface area contributed by atoms with Crippen LogP contribution in [0.3, 0.4) is 0 Å². The van der Waals surface area contributed by atoms with Gasteiger partial charge in [-0.25, -0.2) is 8.78 Å². The van der Waals surface area contributed by atoms with Crippen LogP contribution in [0.2, 0.25) is 0 Å². The Morgan fingerprint density at radius 3 is 1.29 bits per heavy atom. The lowest BCUT2D eigenvalue weighted by molar-refractivity contribution is 0.541. The van der Waals surface area contributed by atoms with Crippen LogP contribution in [-0.2, 0) is 0 Å². The maximum atomic E-state index is 12.2. The van der Waals surface area contributed by atoms with Crippen molar-refractivity contribution in [3.63, 3.8) is 0 Å². The Hall–Kier alpha value is -1.05. The topological polar surface area (TPSA) is 0 Å². The summed E-state index contributed by atoms with van der Waals surface area (Å²) in [7, 11) is 0. The molecule has 0 nitrogen and oxygen atoms in total. The van der Waals surface area contributed by atoms with Gasteiger partial charge in [0.15, 0.2) is 0 Å². The first kappa shape index (κ1) is 29.3. The molecule has 1 aromatic rings. The van der Waals surface area contributed by atoms with Crippen molar-refractivity contribution in [2.75, 3.05) is 0 Å². The van der Waals surface area contributed by atoms with E-state index < -0.39 is 11.6 Å². The summed E-state index contributed by atoms with van der Waals surface area (Å²) in [5, 5.41) is 0. The van der Waals surface area contributed by atoms with Gasteiger partial charge in [0.05, 0.1) is 0 Å². The molecular weight excluding hydrogens is 237 g/mol. The lowest BCUT2D eigenvalue weighted by Crippen LogP contribution is -1.81. The quantitative estimate of drug-likeness (QED) is 0.615. The summed E-state index contributed by atoms with van der Waals surface area (Å²) in [5.74, 6) is -1.35. The lowest BCUT2D eigenvalue weighted by atomic mass is 10.3. The molecule has 14 heavy (non-hydrogen) atoms. The highest BCUT2D eigenvalue weighted by atomic mass is 32.1. The summed E-state index contributed by atoms with van der Waals surface area (Å²) < 4.78 is 24.5. The first-order valence-electron chi connectivity index (χ1n) is 2.33. The maximum Gasteiger partial charge on any atom is 0.144 e. The Labute approximate surface area is 80.6 Å². The zero-order valence-corrected chi connectivity index (χ0v) is 7.25. The van der Waals surface area contributed by atoms with Gasteiger partial charge in [0.1, 0.15) is 16.5 Å². The van der Waals surface area contributed by atoms with Crippen LogP contribution in [0.15, 0.2) is 23.1 Å². The monoisotopic (exact) mass is 245 g/mol. The van der Waals surface area contributed by atoms with E-state index in [1.165, 1.54) is 6.07 Å². The summed E-state index contributed by atoms with van der Waals surface area (Å²) in [6.07, 6.45) is 0. The predicted molar refractivity (Wildman–Crippen MR) is 44.7 cm³/mol. The number of rotatable bonds is 0. The molecule has 1 radical (unpaired) electrons. The van der Waals surface area contributed by atoms with E-state index in [4.69, 9.17) is 0 Å². The fourth-order valence-corrected chi connectivity index (χ4v) is 0.619. The van der Waals surface area contributed by atoms with Gasteiger partial charge in [-0.1, -0.05) is 18.7 Å². The number of hydrogen-bond acceptors (Lipinski definition) is 0. The van der Waals surface area contributed by atoms with Crippen molar-refractivity contribution in [2.24, 2.45) is 0 Å². The Bertz CT molecular complexity index is 209. The summed E-state index contributed by atoms with van der Waals surface area (Å²) in [5.41, 5.74) is 0. The molecule has 1 aromatic carbocycles. The molecule has 0 saturated heterocycles. The Balaban J connectivity index is -0.0000000540. The van der Waals surface area contributed by atoms with E-state index in [9.17, 15) is 8.78 Å². The van der Waals surface area contributed by atoms with Crippen LogP contribution in [0, 0.1) is 11.6 Å². The fourth-order valence-electron chi connectivity index (χ4n) is 0.483. The van der Waals surface area contributed by atoms with Crippen molar-refractivity contribution in [2.45, 2.75) is 4.90 Å². The van der Waals surface area contributed by atoms with Crippen LogP contribution < -0.4 is 0 Å². The molecule has 0 aliphatic rings. The third kappa shape index (κ3) is 6.46. The van der Waals surface area contributed by atoms with Gasteiger partial charge in [-0.3, -0.25) is 23.5 Å². The molecule has 0 amide bonds. The molecule has 0 saturated carbocycles. The molecule has 0 fully saturated rings. The number of hydrogen-bond donors (Lipinski definition) is 0.